The molecule has 9 nitrogen and oxygen atoms in total. The summed E-state index contributed by atoms with van der Waals surface area (Å²) in [6, 6.07) is 31.0. The van der Waals surface area contributed by atoms with E-state index in [1.807, 2.05) is 54.6 Å². The number of amides is 2. The number of ether oxygens (including phenoxy) is 1. The second-order valence-corrected chi connectivity index (χ2v) is 8.80. The first-order valence-electron chi connectivity index (χ1n) is 12.5. The lowest BCUT2D eigenvalue weighted by Gasteiger charge is -2.18. The molecule has 0 aliphatic heterocycles. The van der Waals surface area contributed by atoms with Crippen molar-refractivity contribution in [3.8, 4) is 5.75 Å². The molecule has 0 radical (unpaired) electrons. The highest BCUT2D eigenvalue weighted by Crippen LogP contribution is 2.21. The van der Waals surface area contributed by atoms with Crippen molar-refractivity contribution in [2.75, 3.05) is 0 Å². The van der Waals surface area contributed by atoms with Gasteiger partial charge in [-0.25, -0.2) is 10.5 Å². The summed E-state index contributed by atoms with van der Waals surface area (Å²) in [5.74, 6) is -0.541. The van der Waals surface area contributed by atoms with Gasteiger partial charge in [0.1, 0.15) is 18.1 Å². The number of carbonyl (C=O) groups is 2. The van der Waals surface area contributed by atoms with Crippen LogP contribution in [0.25, 0.3) is 10.8 Å². The normalized spacial score (nSPS) is 11.7. The van der Waals surface area contributed by atoms with Crippen LogP contribution in [0.4, 0.5) is 0 Å². The fourth-order valence-corrected chi connectivity index (χ4v) is 4.10. The predicted molar refractivity (Wildman–Crippen MR) is 152 cm³/mol. The third kappa shape index (κ3) is 6.11. The van der Waals surface area contributed by atoms with Crippen molar-refractivity contribution in [3.63, 3.8) is 0 Å². The Labute approximate surface area is 229 Å². The van der Waals surface area contributed by atoms with Gasteiger partial charge in [0.05, 0.1) is 11.6 Å². The van der Waals surface area contributed by atoms with Gasteiger partial charge in [0.2, 0.25) is 0 Å². The summed E-state index contributed by atoms with van der Waals surface area (Å²) >= 11 is 0. The summed E-state index contributed by atoms with van der Waals surface area (Å²) in [4.78, 5) is 38.8. The standard InChI is InChI=1S/C31H25N5O4/c37-29(22-13-5-2-6-14-22)33-28(27-24-16-8-9-17-25(24)30(38)36-34-27)31(39)35-32-19-23-15-7-10-18-26(23)40-20-21-11-3-1-4-12-21/h1-19,28H,20H2,(H,33,37)(H,35,39)(H,36,38)/b32-19-/t28-/m1/s1. The lowest BCUT2D eigenvalue weighted by atomic mass is 10.0. The van der Waals surface area contributed by atoms with Crippen molar-refractivity contribution in [3.05, 3.63) is 142 Å². The van der Waals surface area contributed by atoms with Gasteiger partial charge in [-0.15, -0.1) is 0 Å². The minimum atomic E-state index is -1.25. The van der Waals surface area contributed by atoms with Crippen LogP contribution >= 0.6 is 0 Å². The lowest BCUT2D eigenvalue weighted by molar-refractivity contribution is -0.123. The summed E-state index contributed by atoms with van der Waals surface area (Å²) in [7, 11) is 0. The fraction of sp³-hybridized carbons (Fsp3) is 0.0645. The minimum absolute atomic E-state index is 0.179. The molecule has 0 spiro atoms. The zero-order valence-electron chi connectivity index (χ0n) is 21.3. The molecule has 0 unspecified atom stereocenters. The van der Waals surface area contributed by atoms with Gasteiger partial charge in [0.15, 0.2) is 6.04 Å². The number of hydrazone groups is 1. The number of hydrogen-bond donors (Lipinski definition) is 3. The first-order chi connectivity index (χ1) is 19.6. The molecular formula is C31H25N5O4. The van der Waals surface area contributed by atoms with Crippen LogP contribution in [0.15, 0.2) is 119 Å². The Morgan fingerprint density at radius 3 is 2.27 bits per heavy atom. The Balaban J connectivity index is 1.39. The molecule has 0 saturated heterocycles. The van der Waals surface area contributed by atoms with Gasteiger partial charge in [0, 0.05) is 16.5 Å². The number of rotatable bonds is 9. The van der Waals surface area contributed by atoms with Crippen LogP contribution in [0.5, 0.6) is 5.75 Å². The van der Waals surface area contributed by atoms with Gasteiger partial charge >= 0.3 is 0 Å². The van der Waals surface area contributed by atoms with Crippen LogP contribution < -0.4 is 21.0 Å². The highest BCUT2D eigenvalue weighted by molar-refractivity contribution is 5.99. The van der Waals surface area contributed by atoms with Crippen molar-refractivity contribution >= 4 is 28.8 Å². The molecule has 5 rings (SSSR count). The Kier molecular flexibility index (Phi) is 8.02. The van der Waals surface area contributed by atoms with E-state index in [1.165, 1.54) is 6.21 Å². The molecule has 9 heteroatoms. The summed E-state index contributed by atoms with van der Waals surface area (Å²) < 4.78 is 5.95. The molecule has 198 valence electrons. The topological polar surface area (TPSA) is 126 Å². The highest BCUT2D eigenvalue weighted by Gasteiger charge is 2.27. The van der Waals surface area contributed by atoms with Crippen molar-refractivity contribution in [2.24, 2.45) is 5.10 Å². The van der Waals surface area contributed by atoms with Crippen molar-refractivity contribution in [1.29, 1.82) is 0 Å². The van der Waals surface area contributed by atoms with Crippen molar-refractivity contribution in [1.82, 2.24) is 20.9 Å². The lowest BCUT2D eigenvalue weighted by Crippen LogP contribution is -2.40. The number of carbonyl (C=O) groups excluding carboxylic acids is 2. The van der Waals surface area contributed by atoms with Crippen LogP contribution in [0.1, 0.15) is 33.2 Å². The number of benzene rings is 4. The molecule has 0 bridgehead atoms. The average Bonchev–Trinajstić information content (AvgIpc) is 3.01. The van der Waals surface area contributed by atoms with Crippen LogP contribution in [0.2, 0.25) is 0 Å². The summed E-state index contributed by atoms with van der Waals surface area (Å²) in [6.45, 7) is 0.372. The number of fused-ring (bicyclic) bond motifs is 1. The molecule has 0 aliphatic carbocycles. The molecule has 3 N–H and O–H groups in total. The molecule has 4 aromatic carbocycles. The molecule has 40 heavy (non-hydrogen) atoms. The Morgan fingerprint density at radius 1 is 0.850 bits per heavy atom. The molecular weight excluding hydrogens is 506 g/mol. The highest BCUT2D eigenvalue weighted by atomic mass is 16.5. The Morgan fingerprint density at radius 2 is 1.50 bits per heavy atom. The molecule has 0 aliphatic rings. The molecule has 5 aromatic rings. The van der Waals surface area contributed by atoms with Crippen LogP contribution in [-0.2, 0) is 11.4 Å². The zero-order chi connectivity index (χ0) is 27.7. The summed E-state index contributed by atoms with van der Waals surface area (Å²) in [5, 5.41) is 14.2. The van der Waals surface area contributed by atoms with E-state index >= 15 is 0 Å². The molecule has 1 atom stereocenters. The third-order valence-electron chi connectivity index (χ3n) is 6.11. The van der Waals surface area contributed by atoms with Crippen LogP contribution in [0.3, 0.4) is 0 Å². The number of aromatic amines is 1. The van der Waals surface area contributed by atoms with E-state index in [9.17, 15) is 14.4 Å². The van der Waals surface area contributed by atoms with Gasteiger partial charge in [-0.2, -0.15) is 10.2 Å². The second-order valence-electron chi connectivity index (χ2n) is 8.80. The minimum Gasteiger partial charge on any atom is -0.488 e. The largest absolute Gasteiger partial charge is 0.488 e. The number of hydrogen-bond acceptors (Lipinski definition) is 6. The van der Waals surface area contributed by atoms with Gasteiger partial charge in [-0.05, 0) is 35.9 Å². The number of H-pyrrole nitrogens is 1. The number of nitrogens with one attached hydrogen (secondary N) is 3. The van der Waals surface area contributed by atoms with Gasteiger partial charge < -0.3 is 10.1 Å². The van der Waals surface area contributed by atoms with E-state index in [0.717, 1.165) is 5.56 Å². The van der Waals surface area contributed by atoms with Gasteiger partial charge in [-0.1, -0.05) is 78.9 Å². The first kappa shape index (κ1) is 26.1. The predicted octanol–water partition coefficient (Wildman–Crippen LogP) is 4.12. The van der Waals surface area contributed by atoms with E-state index < -0.39 is 23.4 Å². The average molecular weight is 532 g/mol. The third-order valence-corrected chi connectivity index (χ3v) is 6.11. The van der Waals surface area contributed by atoms with Crippen LogP contribution in [-0.4, -0.2) is 28.2 Å². The zero-order valence-corrected chi connectivity index (χ0v) is 21.3. The molecule has 2 amide bonds. The molecule has 0 saturated carbocycles. The van der Waals surface area contributed by atoms with E-state index in [1.54, 1.807) is 54.6 Å². The van der Waals surface area contributed by atoms with E-state index in [2.05, 4.69) is 26.0 Å². The maximum absolute atomic E-state index is 13.4. The van der Waals surface area contributed by atoms with Crippen molar-refractivity contribution in [2.45, 2.75) is 12.6 Å². The van der Waals surface area contributed by atoms with Gasteiger partial charge in [-0.3, -0.25) is 14.4 Å². The number of aromatic nitrogens is 2. The second kappa shape index (κ2) is 12.3. The summed E-state index contributed by atoms with van der Waals surface area (Å²) in [5.41, 5.74) is 4.30. The van der Waals surface area contributed by atoms with E-state index in [4.69, 9.17) is 4.74 Å². The summed E-state index contributed by atoms with van der Waals surface area (Å²) in [6.07, 6.45) is 1.46. The molecule has 1 heterocycles. The maximum Gasteiger partial charge on any atom is 0.272 e. The smallest absolute Gasteiger partial charge is 0.272 e. The monoisotopic (exact) mass is 531 g/mol. The Hall–Kier alpha value is -5.57. The quantitative estimate of drug-likeness (QED) is 0.195. The first-order valence-corrected chi connectivity index (χ1v) is 12.5. The fourth-order valence-electron chi connectivity index (χ4n) is 4.10. The van der Waals surface area contributed by atoms with E-state index in [-0.39, 0.29) is 5.69 Å². The molecule has 0 fully saturated rings. The van der Waals surface area contributed by atoms with E-state index in [0.29, 0.717) is 34.3 Å². The molecule has 1 aromatic heterocycles. The Bertz CT molecular complexity index is 1720. The van der Waals surface area contributed by atoms with Crippen molar-refractivity contribution < 1.29 is 14.3 Å². The maximum atomic E-state index is 13.4. The number of nitrogens with zero attached hydrogens (tertiary/aromatic N) is 2. The number of para-hydroxylation sites is 1. The van der Waals surface area contributed by atoms with Gasteiger partial charge in [0.25, 0.3) is 17.4 Å². The van der Waals surface area contributed by atoms with Crippen LogP contribution in [0, 0.1) is 0 Å². The SMILES string of the molecule is O=C(N[C@@H](C(=O)N/N=C\c1ccccc1OCc1ccccc1)c1n[nH]c(=O)c2ccccc12)c1ccccc1.